The van der Waals surface area contributed by atoms with Gasteiger partial charge in [-0.3, -0.25) is 14.2 Å². The first-order chi connectivity index (χ1) is 14.1. The van der Waals surface area contributed by atoms with Gasteiger partial charge in [0.05, 0.1) is 16.8 Å². The van der Waals surface area contributed by atoms with Crippen LogP contribution >= 0.6 is 34.4 Å². The van der Waals surface area contributed by atoms with Crippen molar-refractivity contribution in [2.45, 2.75) is 18.6 Å². The number of amides is 1. The Morgan fingerprint density at radius 3 is 2.79 bits per heavy atom. The van der Waals surface area contributed by atoms with Crippen LogP contribution in [0.25, 0.3) is 20.7 Å². The number of rotatable bonds is 6. The Morgan fingerprint density at radius 1 is 1.24 bits per heavy atom. The lowest BCUT2D eigenvalue weighted by atomic mass is 10.2. The van der Waals surface area contributed by atoms with E-state index in [1.807, 2.05) is 29.8 Å². The lowest BCUT2D eigenvalue weighted by Crippen LogP contribution is -2.23. The monoisotopic (exact) mass is 445 g/mol. The number of fused-ring (bicyclic) bond motifs is 1. The molecule has 4 rings (SSSR count). The van der Waals surface area contributed by atoms with Crippen molar-refractivity contribution in [2.75, 3.05) is 11.1 Å². The van der Waals surface area contributed by atoms with E-state index in [1.54, 1.807) is 28.0 Å². The standard InChI is InChI=1S/C20H16FN3O2S3/c1-2-24-19(26)17-12(15-8-5-9-27-15)10-28-18(17)23-20(24)29-11-16(25)22-14-7-4-3-6-13(14)21/h3-10H,2,11H2,1H3,(H,22,25). The molecule has 148 valence electrons. The maximum Gasteiger partial charge on any atom is 0.263 e. The Labute approximate surface area is 178 Å². The van der Waals surface area contributed by atoms with Gasteiger partial charge in [0.2, 0.25) is 5.91 Å². The second kappa shape index (κ2) is 8.48. The van der Waals surface area contributed by atoms with E-state index >= 15 is 0 Å². The van der Waals surface area contributed by atoms with E-state index in [4.69, 9.17) is 0 Å². The van der Waals surface area contributed by atoms with Gasteiger partial charge in [-0.25, -0.2) is 9.37 Å². The highest BCUT2D eigenvalue weighted by Gasteiger charge is 2.18. The smallest absolute Gasteiger partial charge is 0.263 e. The molecule has 0 saturated carbocycles. The molecule has 0 aliphatic heterocycles. The molecule has 0 aliphatic carbocycles. The minimum atomic E-state index is -0.490. The molecular weight excluding hydrogens is 429 g/mol. The van der Waals surface area contributed by atoms with Gasteiger partial charge in [-0.1, -0.05) is 30.0 Å². The molecule has 1 amide bonds. The number of aromatic nitrogens is 2. The Hall–Kier alpha value is -2.49. The second-order valence-electron chi connectivity index (χ2n) is 6.07. The summed E-state index contributed by atoms with van der Waals surface area (Å²) in [5.41, 5.74) is 0.918. The molecule has 5 nitrogen and oxygen atoms in total. The summed E-state index contributed by atoms with van der Waals surface area (Å²) in [4.78, 5) is 31.7. The lowest BCUT2D eigenvalue weighted by molar-refractivity contribution is -0.113. The van der Waals surface area contributed by atoms with Gasteiger partial charge in [0.1, 0.15) is 10.6 Å². The number of para-hydroxylation sites is 1. The van der Waals surface area contributed by atoms with Crippen LogP contribution in [0, 0.1) is 5.82 Å². The molecular formula is C20H16FN3O2S3. The predicted molar refractivity (Wildman–Crippen MR) is 119 cm³/mol. The van der Waals surface area contributed by atoms with Crippen LogP contribution < -0.4 is 10.9 Å². The van der Waals surface area contributed by atoms with Gasteiger partial charge in [-0.15, -0.1) is 22.7 Å². The number of thiophene rings is 2. The number of carbonyl (C=O) groups is 1. The van der Waals surface area contributed by atoms with E-state index in [9.17, 15) is 14.0 Å². The molecule has 1 N–H and O–H groups in total. The first-order valence-corrected chi connectivity index (χ1v) is 11.6. The van der Waals surface area contributed by atoms with Crippen molar-refractivity contribution in [3.63, 3.8) is 0 Å². The van der Waals surface area contributed by atoms with E-state index < -0.39 is 5.82 Å². The van der Waals surface area contributed by atoms with E-state index in [-0.39, 0.29) is 22.9 Å². The van der Waals surface area contributed by atoms with E-state index in [1.165, 1.54) is 35.2 Å². The van der Waals surface area contributed by atoms with Crippen molar-refractivity contribution in [1.82, 2.24) is 9.55 Å². The normalized spacial score (nSPS) is 11.1. The summed E-state index contributed by atoms with van der Waals surface area (Å²) in [5.74, 6) is -0.826. The number of nitrogens with zero attached hydrogens (tertiary/aromatic N) is 2. The van der Waals surface area contributed by atoms with Crippen molar-refractivity contribution in [3.8, 4) is 10.4 Å². The zero-order valence-electron chi connectivity index (χ0n) is 15.3. The van der Waals surface area contributed by atoms with Crippen LogP contribution in [0.4, 0.5) is 10.1 Å². The predicted octanol–water partition coefficient (Wildman–Crippen LogP) is 5.08. The highest BCUT2D eigenvalue weighted by atomic mass is 32.2. The number of hydrogen-bond acceptors (Lipinski definition) is 6. The third-order valence-electron chi connectivity index (χ3n) is 4.24. The molecule has 4 aromatic rings. The molecule has 3 heterocycles. The SMILES string of the molecule is CCn1c(SCC(=O)Nc2ccccc2F)nc2scc(-c3cccs3)c2c1=O. The highest BCUT2D eigenvalue weighted by molar-refractivity contribution is 7.99. The van der Waals surface area contributed by atoms with Gasteiger partial charge >= 0.3 is 0 Å². The van der Waals surface area contributed by atoms with Crippen LogP contribution in [0.15, 0.2) is 57.1 Å². The van der Waals surface area contributed by atoms with Crippen molar-refractivity contribution in [2.24, 2.45) is 0 Å². The Balaban J connectivity index is 1.60. The Kier molecular flexibility index (Phi) is 5.79. The number of nitrogens with one attached hydrogen (secondary N) is 1. The van der Waals surface area contributed by atoms with Crippen molar-refractivity contribution in [1.29, 1.82) is 0 Å². The molecule has 3 aromatic heterocycles. The fourth-order valence-electron chi connectivity index (χ4n) is 2.89. The molecule has 0 atom stereocenters. The summed E-state index contributed by atoms with van der Waals surface area (Å²) in [6, 6.07) is 9.94. The Morgan fingerprint density at radius 2 is 2.07 bits per heavy atom. The van der Waals surface area contributed by atoms with Crippen LogP contribution in [-0.2, 0) is 11.3 Å². The van der Waals surface area contributed by atoms with E-state index in [0.717, 1.165) is 10.4 Å². The minimum Gasteiger partial charge on any atom is -0.323 e. The number of carbonyl (C=O) groups excluding carboxylic acids is 1. The summed E-state index contributed by atoms with van der Waals surface area (Å²) < 4.78 is 15.3. The molecule has 9 heteroatoms. The molecule has 0 saturated heterocycles. The van der Waals surface area contributed by atoms with Gasteiger partial charge in [0.15, 0.2) is 5.16 Å². The molecule has 29 heavy (non-hydrogen) atoms. The zero-order valence-corrected chi connectivity index (χ0v) is 17.8. The summed E-state index contributed by atoms with van der Waals surface area (Å²) in [6.45, 7) is 2.31. The topological polar surface area (TPSA) is 64.0 Å². The number of benzene rings is 1. The largest absolute Gasteiger partial charge is 0.323 e. The number of halogens is 1. The van der Waals surface area contributed by atoms with Crippen LogP contribution in [0.1, 0.15) is 6.92 Å². The third kappa shape index (κ3) is 3.98. The summed E-state index contributed by atoms with van der Waals surface area (Å²) >= 11 is 4.16. The second-order valence-corrected chi connectivity index (χ2v) is 8.82. The molecule has 0 bridgehead atoms. The van der Waals surface area contributed by atoms with E-state index in [2.05, 4.69) is 10.3 Å². The molecule has 1 aromatic carbocycles. The fraction of sp³-hybridized carbons (Fsp3) is 0.150. The molecule has 0 unspecified atom stereocenters. The third-order valence-corrected chi connectivity index (χ3v) is 6.99. The van der Waals surface area contributed by atoms with Gasteiger partial charge in [0.25, 0.3) is 5.56 Å². The Bertz CT molecular complexity index is 1230. The lowest BCUT2D eigenvalue weighted by Gasteiger charge is -2.10. The van der Waals surface area contributed by atoms with Gasteiger partial charge in [-0.05, 0) is 30.5 Å². The summed E-state index contributed by atoms with van der Waals surface area (Å²) in [5, 5.41) is 7.56. The van der Waals surface area contributed by atoms with Crippen molar-refractivity contribution < 1.29 is 9.18 Å². The van der Waals surface area contributed by atoms with Crippen LogP contribution in [-0.4, -0.2) is 21.2 Å². The van der Waals surface area contributed by atoms with Crippen molar-refractivity contribution >= 4 is 56.2 Å². The molecule has 0 fully saturated rings. The average Bonchev–Trinajstić information content (AvgIpc) is 3.38. The summed E-state index contributed by atoms with van der Waals surface area (Å²) in [6.07, 6.45) is 0. The zero-order chi connectivity index (χ0) is 20.4. The molecule has 0 radical (unpaired) electrons. The number of anilines is 1. The van der Waals surface area contributed by atoms with Gasteiger partial charge < -0.3 is 5.32 Å². The molecule has 0 aliphatic rings. The number of hydrogen-bond donors (Lipinski definition) is 1. The van der Waals surface area contributed by atoms with E-state index in [0.29, 0.717) is 21.9 Å². The first-order valence-electron chi connectivity index (χ1n) is 8.81. The van der Waals surface area contributed by atoms with Crippen molar-refractivity contribution in [3.05, 3.63) is 63.3 Å². The van der Waals surface area contributed by atoms with Crippen LogP contribution in [0.2, 0.25) is 0 Å². The highest BCUT2D eigenvalue weighted by Crippen LogP contribution is 2.34. The average molecular weight is 446 g/mol. The summed E-state index contributed by atoms with van der Waals surface area (Å²) in [7, 11) is 0. The van der Waals surface area contributed by atoms with Gasteiger partial charge in [-0.2, -0.15) is 0 Å². The quantitative estimate of drug-likeness (QED) is 0.332. The first kappa shape index (κ1) is 19.8. The van der Waals surface area contributed by atoms with Crippen LogP contribution in [0.5, 0.6) is 0 Å². The maximum absolute atomic E-state index is 13.7. The molecule has 0 spiro atoms. The fourth-order valence-corrected chi connectivity index (χ4v) is 5.55. The van der Waals surface area contributed by atoms with Crippen LogP contribution in [0.3, 0.4) is 0 Å². The maximum atomic E-state index is 13.7. The number of thioether (sulfide) groups is 1. The minimum absolute atomic E-state index is 0.0233. The van der Waals surface area contributed by atoms with Gasteiger partial charge in [0, 0.05) is 22.4 Å².